The summed E-state index contributed by atoms with van der Waals surface area (Å²) in [4.78, 5) is 5.68. The van der Waals surface area contributed by atoms with Crippen LogP contribution in [0.2, 0.25) is 5.02 Å². The number of imidazole rings is 1. The number of H-pyrrole nitrogens is 1. The van der Waals surface area contributed by atoms with Crippen LogP contribution in [0.25, 0.3) is 11.0 Å². The van der Waals surface area contributed by atoms with Crippen LogP contribution in [0.1, 0.15) is 25.5 Å². The topological polar surface area (TPSA) is 24.0 Å². The zero-order valence-electron chi connectivity index (χ0n) is 11.7. The number of aromatic nitrogens is 2. The maximum absolute atomic E-state index is 6.44. The van der Waals surface area contributed by atoms with Crippen LogP contribution in [-0.4, -0.2) is 27.0 Å². The van der Waals surface area contributed by atoms with Crippen LogP contribution < -0.4 is 0 Å². The molecule has 0 saturated heterocycles. The molecule has 2 atom stereocenters. The van der Waals surface area contributed by atoms with E-state index in [0.29, 0.717) is 6.04 Å². The van der Waals surface area contributed by atoms with Crippen molar-refractivity contribution in [2.45, 2.75) is 32.5 Å². The smallest absolute Gasteiger partial charge is 0.178 e. The van der Waals surface area contributed by atoms with E-state index in [4.69, 9.17) is 23.8 Å². The fraction of sp³-hybridized carbons (Fsp3) is 0.400. The first kappa shape index (κ1) is 13.9. The molecule has 5 heteroatoms. The van der Waals surface area contributed by atoms with E-state index >= 15 is 0 Å². The summed E-state index contributed by atoms with van der Waals surface area (Å²) in [7, 11) is 0. The van der Waals surface area contributed by atoms with Gasteiger partial charge in [-0.15, -0.1) is 6.58 Å². The monoisotopic (exact) mass is 307 g/mol. The highest BCUT2D eigenvalue weighted by atomic mass is 35.5. The lowest BCUT2D eigenvalue weighted by Gasteiger charge is -2.30. The predicted molar refractivity (Wildman–Crippen MR) is 86.9 cm³/mol. The van der Waals surface area contributed by atoms with Crippen molar-refractivity contribution >= 4 is 34.9 Å². The molecule has 0 radical (unpaired) electrons. The van der Waals surface area contributed by atoms with Gasteiger partial charge in [0, 0.05) is 35.8 Å². The Morgan fingerprint density at radius 1 is 1.45 bits per heavy atom. The number of nitrogens with zero attached hydrogens (tertiary/aromatic N) is 2. The molecule has 20 heavy (non-hydrogen) atoms. The Balaban J connectivity index is 2.31. The number of hydrogen-bond donors (Lipinski definition) is 1. The largest absolute Gasteiger partial charge is 0.331 e. The van der Waals surface area contributed by atoms with E-state index in [0.717, 1.165) is 39.5 Å². The number of nitrogens with one attached hydrogen (secondary N) is 1. The van der Waals surface area contributed by atoms with Gasteiger partial charge >= 0.3 is 0 Å². The average Bonchev–Trinajstić information content (AvgIpc) is 2.70. The van der Waals surface area contributed by atoms with Gasteiger partial charge in [0.1, 0.15) is 0 Å². The van der Waals surface area contributed by atoms with E-state index in [1.807, 2.05) is 18.2 Å². The minimum absolute atomic E-state index is 0.288. The third-order valence-electron chi connectivity index (χ3n) is 4.33. The van der Waals surface area contributed by atoms with Crippen molar-refractivity contribution in [1.82, 2.24) is 14.5 Å². The summed E-state index contributed by atoms with van der Waals surface area (Å²) in [5.41, 5.74) is 3.36. The zero-order valence-corrected chi connectivity index (χ0v) is 13.3. The van der Waals surface area contributed by atoms with Crippen LogP contribution in [0.15, 0.2) is 24.8 Å². The molecule has 0 spiro atoms. The Kier molecular flexibility index (Phi) is 3.48. The molecule has 0 saturated carbocycles. The maximum Gasteiger partial charge on any atom is 0.178 e. The van der Waals surface area contributed by atoms with E-state index in [1.165, 1.54) is 0 Å². The van der Waals surface area contributed by atoms with Crippen LogP contribution in [0.5, 0.6) is 0 Å². The molecule has 2 aromatic rings. The Hall–Kier alpha value is -1.10. The number of hydrogen-bond acceptors (Lipinski definition) is 2. The van der Waals surface area contributed by atoms with Crippen LogP contribution in [0.4, 0.5) is 0 Å². The lowest BCUT2D eigenvalue weighted by molar-refractivity contribution is 0.181. The molecule has 3 rings (SSSR count). The van der Waals surface area contributed by atoms with E-state index in [2.05, 4.69) is 34.9 Å². The summed E-state index contributed by atoms with van der Waals surface area (Å²) < 4.78 is 2.97. The fourth-order valence-corrected chi connectivity index (χ4v) is 3.65. The molecule has 0 fully saturated rings. The van der Waals surface area contributed by atoms with E-state index in [1.54, 1.807) is 0 Å². The number of rotatable bonds is 2. The molecule has 106 valence electrons. The molecular formula is C15H18ClN3S. The second kappa shape index (κ2) is 5.02. The van der Waals surface area contributed by atoms with Crippen LogP contribution in [-0.2, 0) is 6.54 Å². The highest BCUT2D eigenvalue weighted by Crippen LogP contribution is 2.34. The van der Waals surface area contributed by atoms with Crippen LogP contribution >= 0.6 is 23.8 Å². The van der Waals surface area contributed by atoms with Crippen molar-refractivity contribution in [1.29, 1.82) is 0 Å². The number of halogens is 1. The molecule has 1 N–H and O–H groups in total. The molecule has 1 aromatic carbocycles. The first-order valence-corrected chi connectivity index (χ1v) is 7.59. The van der Waals surface area contributed by atoms with Crippen molar-refractivity contribution in [3.8, 4) is 0 Å². The minimum atomic E-state index is 0.288. The summed E-state index contributed by atoms with van der Waals surface area (Å²) >= 11 is 11.9. The van der Waals surface area contributed by atoms with Gasteiger partial charge in [-0.25, -0.2) is 0 Å². The summed E-state index contributed by atoms with van der Waals surface area (Å²) in [5.74, 6) is 0. The van der Waals surface area contributed by atoms with E-state index in [-0.39, 0.29) is 6.04 Å². The van der Waals surface area contributed by atoms with Gasteiger partial charge in [-0.2, -0.15) is 0 Å². The second-order valence-corrected chi connectivity index (χ2v) is 6.22. The van der Waals surface area contributed by atoms with Gasteiger partial charge in [0.15, 0.2) is 4.77 Å². The maximum atomic E-state index is 6.44. The van der Waals surface area contributed by atoms with Gasteiger partial charge in [0.25, 0.3) is 0 Å². The molecule has 0 aliphatic carbocycles. The molecule has 1 aliphatic heterocycles. The third kappa shape index (κ3) is 1.94. The Morgan fingerprint density at radius 3 is 2.90 bits per heavy atom. The SMILES string of the molecule is C=CCN1Cc2c(Cl)ccc3[nH]c(=S)n(c23)[C@H](C)[C@@H]1C. The van der Waals surface area contributed by atoms with Gasteiger partial charge in [-0.1, -0.05) is 17.7 Å². The molecule has 3 nitrogen and oxygen atoms in total. The summed E-state index contributed by atoms with van der Waals surface area (Å²) in [6, 6.07) is 4.60. The lowest BCUT2D eigenvalue weighted by Crippen LogP contribution is -2.36. The van der Waals surface area contributed by atoms with E-state index in [9.17, 15) is 0 Å². The van der Waals surface area contributed by atoms with Gasteiger partial charge in [0.05, 0.1) is 11.0 Å². The van der Waals surface area contributed by atoms with Crippen molar-refractivity contribution in [2.24, 2.45) is 0 Å². The molecular weight excluding hydrogens is 290 g/mol. The van der Waals surface area contributed by atoms with Gasteiger partial charge in [0.2, 0.25) is 0 Å². The highest BCUT2D eigenvalue weighted by molar-refractivity contribution is 7.71. The van der Waals surface area contributed by atoms with Crippen LogP contribution in [0.3, 0.4) is 0 Å². The summed E-state index contributed by atoms with van der Waals surface area (Å²) in [6.07, 6.45) is 1.94. The van der Waals surface area contributed by atoms with E-state index < -0.39 is 0 Å². The first-order valence-electron chi connectivity index (χ1n) is 6.81. The van der Waals surface area contributed by atoms with Crippen molar-refractivity contribution in [2.75, 3.05) is 6.54 Å². The van der Waals surface area contributed by atoms with Gasteiger partial charge in [-0.05, 0) is 38.2 Å². The minimum Gasteiger partial charge on any atom is -0.331 e. The van der Waals surface area contributed by atoms with Crippen LogP contribution in [0, 0.1) is 4.77 Å². The molecule has 1 aliphatic rings. The molecule has 2 heterocycles. The average molecular weight is 308 g/mol. The number of benzene rings is 1. The zero-order chi connectivity index (χ0) is 14.4. The Labute approximate surface area is 128 Å². The molecule has 0 bridgehead atoms. The Bertz CT molecular complexity index is 731. The predicted octanol–water partition coefficient (Wildman–Crippen LogP) is 4.30. The van der Waals surface area contributed by atoms with Crippen molar-refractivity contribution < 1.29 is 0 Å². The fourth-order valence-electron chi connectivity index (χ4n) is 3.07. The van der Waals surface area contributed by atoms with Crippen molar-refractivity contribution in [3.63, 3.8) is 0 Å². The normalized spacial score (nSPS) is 22.9. The second-order valence-electron chi connectivity index (χ2n) is 5.42. The quantitative estimate of drug-likeness (QED) is 0.660. The molecule has 1 aromatic heterocycles. The molecule has 0 unspecified atom stereocenters. The van der Waals surface area contributed by atoms with Gasteiger partial charge < -0.3 is 9.55 Å². The number of aromatic amines is 1. The Morgan fingerprint density at radius 2 is 2.20 bits per heavy atom. The van der Waals surface area contributed by atoms with Gasteiger partial charge in [-0.3, -0.25) is 4.90 Å². The summed E-state index contributed by atoms with van der Waals surface area (Å²) in [6.45, 7) is 9.97. The van der Waals surface area contributed by atoms with Crippen molar-refractivity contribution in [3.05, 3.63) is 40.1 Å². The third-order valence-corrected chi connectivity index (χ3v) is 4.99. The molecule has 0 amide bonds. The summed E-state index contributed by atoms with van der Waals surface area (Å²) in [5, 5.41) is 0.801. The highest BCUT2D eigenvalue weighted by Gasteiger charge is 2.29. The first-order chi connectivity index (χ1) is 9.54. The lowest BCUT2D eigenvalue weighted by atomic mass is 10.1. The standard InChI is InChI=1S/C15H18ClN3S/c1-4-7-18-8-11-12(16)5-6-13-14(11)19(15(20)17-13)10(3)9(18)2/h4-6,9-10H,1,7-8H2,2-3H3,(H,17,20)/t9-,10+/m0/s1.